The van der Waals surface area contributed by atoms with Crippen molar-refractivity contribution in [1.82, 2.24) is 9.88 Å². The second-order valence-corrected chi connectivity index (χ2v) is 6.11. The largest absolute Gasteiger partial charge is 0.480 e. The minimum Gasteiger partial charge on any atom is -0.480 e. The minimum absolute atomic E-state index is 0.0912. The van der Waals surface area contributed by atoms with Crippen LogP contribution in [0, 0.1) is 6.92 Å². The molecule has 7 heteroatoms. The van der Waals surface area contributed by atoms with Crippen LogP contribution in [0.25, 0.3) is 0 Å². The predicted octanol–water partition coefficient (Wildman–Crippen LogP) is 1.70. The highest BCUT2D eigenvalue weighted by Gasteiger charge is 2.36. The third-order valence-corrected chi connectivity index (χ3v) is 4.32. The zero-order chi connectivity index (χ0) is 17.4. The van der Waals surface area contributed by atoms with Crippen molar-refractivity contribution >= 4 is 17.6 Å². The molecule has 0 radical (unpaired) electrons. The normalized spacial score (nSPS) is 16.6. The molecule has 2 aromatic rings. The number of rotatable bonds is 3. The number of nitrogens with zero attached hydrogens (tertiary/aromatic N) is 3. The number of hydrogen-bond acceptors (Lipinski definition) is 5. The number of carbonyl (C=O) groups is 2. The fraction of sp³-hybridized carbons (Fsp3) is 0.353. The van der Waals surface area contributed by atoms with Crippen molar-refractivity contribution in [3.63, 3.8) is 0 Å². The van der Waals surface area contributed by atoms with Gasteiger partial charge in [-0.05, 0) is 30.2 Å². The molecule has 126 valence electrons. The first-order valence-corrected chi connectivity index (χ1v) is 7.61. The van der Waals surface area contributed by atoms with E-state index in [1.54, 1.807) is 6.92 Å². The highest BCUT2D eigenvalue weighted by Crippen LogP contribution is 2.28. The Kier molecular flexibility index (Phi) is 4.01. The molecule has 24 heavy (non-hydrogen) atoms. The second-order valence-electron chi connectivity index (χ2n) is 6.11. The second kappa shape index (κ2) is 5.99. The summed E-state index contributed by atoms with van der Waals surface area (Å²) in [5, 5.41) is 9.54. The summed E-state index contributed by atoms with van der Waals surface area (Å²) < 4.78 is 5.15. The molecule has 0 fully saturated rings. The van der Waals surface area contributed by atoms with Gasteiger partial charge in [0.05, 0.1) is 5.69 Å². The standard InChI is InChI=1S/C17H19N3O4/c1-10-15(24-9-18-10)16(21)20-8-12-6-13(19(2)3)5-4-11(12)7-14(20)17(22)23/h4-6,9,14H,7-8H2,1-3H3,(H,22,23). The summed E-state index contributed by atoms with van der Waals surface area (Å²) in [5.41, 5.74) is 3.36. The average Bonchev–Trinajstić information content (AvgIpc) is 2.98. The number of anilines is 1. The molecule has 1 aromatic carbocycles. The zero-order valence-corrected chi connectivity index (χ0v) is 13.8. The van der Waals surface area contributed by atoms with Gasteiger partial charge in [0.15, 0.2) is 6.39 Å². The van der Waals surface area contributed by atoms with Gasteiger partial charge in [-0.3, -0.25) is 4.79 Å². The lowest BCUT2D eigenvalue weighted by Gasteiger charge is -2.34. The van der Waals surface area contributed by atoms with Gasteiger partial charge in [0, 0.05) is 32.7 Å². The number of hydrogen-bond donors (Lipinski definition) is 1. The van der Waals surface area contributed by atoms with E-state index in [1.807, 2.05) is 37.2 Å². The van der Waals surface area contributed by atoms with Crippen LogP contribution in [0.2, 0.25) is 0 Å². The molecule has 1 unspecified atom stereocenters. The Hall–Kier alpha value is -2.83. The van der Waals surface area contributed by atoms with E-state index < -0.39 is 17.9 Å². The Morgan fingerprint density at radius 3 is 2.67 bits per heavy atom. The van der Waals surface area contributed by atoms with Crippen LogP contribution in [-0.2, 0) is 17.8 Å². The number of aromatic nitrogens is 1. The van der Waals surface area contributed by atoms with E-state index in [2.05, 4.69) is 4.98 Å². The van der Waals surface area contributed by atoms with Crippen LogP contribution in [0.4, 0.5) is 5.69 Å². The fourth-order valence-corrected chi connectivity index (χ4v) is 2.92. The third kappa shape index (κ3) is 2.73. The Bertz CT molecular complexity index is 797. The highest BCUT2D eigenvalue weighted by molar-refractivity contribution is 5.95. The summed E-state index contributed by atoms with van der Waals surface area (Å²) >= 11 is 0. The molecule has 0 bridgehead atoms. The van der Waals surface area contributed by atoms with Crippen molar-refractivity contribution in [3.05, 3.63) is 47.2 Å². The van der Waals surface area contributed by atoms with Crippen LogP contribution in [0.15, 0.2) is 29.0 Å². The molecule has 3 rings (SSSR count). The smallest absolute Gasteiger partial charge is 0.326 e. The Balaban J connectivity index is 1.99. The van der Waals surface area contributed by atoms with Gasteiger partial charge < -0.3 is 19.3 Å². The van der Waals surface area contributed by atoms with Gasteiger partial charge in [0.2, 0.25) is 5.76 Å². The van der Waals surface area contributed by atoms with Gasteiger partial charge in [-0.1, -0.05) is 6.07 Å². The first-order chi connectivity index (χ1) is 11.4. The Labute approximate surface area is 139 Å². The molecule has 1 atom stereocenters. The summed E-state index contributed by atoms with van der Waals surface area (Å²) in [7, 11) is 3.87. The monoisotopic (exact) mass is 329 g/mol. The van der Waals surface area contributed by atoms with Crippen LogP contribution in [0.5, 0.6) is 0 Å². The van der Waals surface area contributed by atoms with Gasteiger partial charge in [-0.25, -0.2) is 9.78 Å². The number of carboxylic acids is 1. The van der Waals surface area contributed by atoms with Crippen molar-refractivity contribution in [1.29, 1.82) is 0 Å². The van der Waals surface area contributed by atoms with Crippen molar-refractivity contribution in [3.8, 4) is 0 Å². The number of carboxylic acid groups (broad SMARTS) is 1. The number of aliphatic carboxylic acids is 1. The van der Waals surface area contributed by atoms with E-state index in [4.69, 9.17) is 4.42 Å². The first kappa shape index (κ1) is 16.0. The number of fused-ring (bicyclic) bond motifs is 1. The topological polar surface area (TPSA) is 86.9 Å². The van der Waals surface area contributed by atoms with Crippen LogP contribution in [0.3, 0.4) is 0 Å². The van der Waals surface area contributed by atoms with Crippen LogP contribution >= 0.6 is 0 Å². The number of oxazole rings is 1. The molecular formula is C17H19N3O4. The van der Waals surface area contributed by atoms with E-state index in [-0.39, 0.29) is 18.7 Å². The van der Waals surface area contributed by atoms with Crippen LogP contribution < -0.4 is 4.90 Å². The highest BCUT2D eigenvalue weighted by atomic mass is 16.4. The van der Waals surface area contributed by atoms with E-state index in [0.717, 1.165) is 16.8 Å². The molecule has 2 heterocycles. The molecule has 1 aromatic heterocycles. The van der Waals surface area contributed by atoms with Crippen molar-refractivity contribution < 1.29 is 19.1 Å². The van der Waals surface area contributed by atoms with Gasteiger partial charge in [0.25, 0.3) is 5.91 Å². The molecule has 0 saturated carbocycles. The molecule has 7 nitrogen and oxygen atoms in total. The summed E-state index contributed by atoms with van der Waals surface area (Å²) in [6.07, 6.45) is 1.47. The number of amides is 1. The maximum atomic E-state index is 12.7. The molecule has 0 aliphatic carbocycles. The van der Waals surface area contributed by atoms with E-state index in [0.29, 0.717) is 5.69 Å². The molecule has 0 saturated heterocycles. The first-order valence-electron chi connectivity index (χ1n) is 7.61. The van der Waals surface area contributed by atoms with E-state index >= 15 is 0 Å². The van der Waals surface area contributed by atoms with Gasteiger partial charge >= 0.3 is 5.97 Å². The molecular weight excluding hydrogens is 310 g/mol. The predicted molar refractivity (Wildman–Crippen MR) is 87.0 cm³/mol. The Morgan fingerprint density at radius 1 is 1.33 bits per heavy atom. The summed E-state index contributed by atoms with van der Waals surface area (Å²) in [5.74, 6) is -1.38. The lowest BCUT2D eigenvalue weighted by atomic mass is 9.93. The summed E-state index contributed by atoms with van der Waals surface area (Å²) in [6, 6.07) is 4.96. The summed E-state index contributed by atoms with van der Waals surface area (Å²) in [6.45, 7) is 1.89. The number of aryl methyl sites for hydroxylation is 1. The zero-order valence-electron chi connectivity index (χ0n) is 13.8. The van der Waals surface area contributed by atoms with E-state index in [9.17, 15) is 14.7 Å². The lowest BCUT2D eigenvalue weighted by molar-refractivity contribution is -0.142. The number of carbonyl (C=O) groups excluding carboxylic acids is 1. The molecule has 1 amide bonds. The minimum atomic E-state index is -1.03. The van der Waals surface area contributed by atoms with Crippen LogP contribution in [0.1, 0.15) is 27.4 Å². The SMILES string of the molecule is Cc1ncoc1C(=O)N1Cc2cc(N(C)C)ccc2CC1C(=O)O. The molecule has 1 aliphatic rings. The van der Waals surface area contributed by atoms with E-state index in [1.165, 1.54) is 11.3 Å². The number of benzene rings is 1. The van der Waals surface area contributed by atoms with Gasteiger partial charge in [-0.2, -0.15) is 0 Å². The fourth-order valence-electron chi connectivity index (χ4n) is 2.92. The third-order valence-electron chi connectivity index (χ3n) is 4.32. The summed E-state index contributed by atoms with van der Waals surface area (Å²) in [4.78, 5) is 31.6. The van der Waals surface area contributed by atoms with Crippen molar-refractivity contribution in [2.75, 3.05) is 19.0 Å². The van der Waals surface area contributed by atoms with Crippen LogP contribution in [-0.4, -0.2) is 47.0 Å². The average molecular weight is 329 g/mol. The van der Waals surface area contributed by atoms with Crippen molar-refractivity contribution in [2.24, 2.45) is 0 Å². The molecule has 0 spiro atoms. The van der Waals surface area contributed by atoms with Gasteiger partial charge in [0.1, 0.15) is 6.04 Å². The Morgan fingerprint density at radius 2 is 2.08 bits per heavy atom. The maximum Gasteiger partial charge on any atom is 0.326 e. The quantitative estimate of drug-likeness (QED) is 0.922. The van der Waals surface area contributed by atoms with Crippen molar-refractivity contribution in [2.45, 2.75) is 25.9 Å². The van der Waals surface area contributed by atoms with Gasteiger partial charge in [-0.15, -0.1) is 0 Å². The molecule has 1 N–H and O–H groups in total. The maximum absolute atomic E-state index is 12.7. The lowest BCUT2D eigenvalue weighted by Crippen LogP contribution is -2.48. The molecule has 1 aliphatic heterocycles.